The van der Waals surface area contributed by atoms with E-state index in [1.807, 2.05) is 36.5 Å². The van der Waals surface area contributed by atoms with Gasteiger partial charge in [-0.3, -0.25) is 0 Å². The molecule has 1 N–H and O–H groups in total. The van der Waals surface area contributed by atoms with Crippen LogP contribution in [-0.4, -0.2) is 44.3 Å². The van der Waals surface area contributed by atoms with Gasteiger partial charge in [0, 0.05) is 39.3 Å². The molecule has 1 rings (SSSR count). The minimum atomic E-state index is 0.698. The van der Waals surface area contributed by atoms with Gasteiger partial charge in [-0.1, -0.05) is 36.5 Å². The van der Waals surface area contributed by atoms with Gasteiger partial charge in [-0.05, 0) is 0 Å². The van der Waals surface area contributed by atoms with Crippen molar-refractivity contribution in [2.75, 3.05) is 54.0 Å². The molecule has 0 unspecified atom stereocenters. The van der Waals surface area contributed by atoms with Crippen LogP contribution in [0.3, 0.4) is 0 Å². The maximum absolute atomic E-state index is 3.90. The van der Waals surface area contributed by atoms with Crippen LogP contribution in [-0.2, 0) is 0 Å². The smallest absolute Gasteiger partial charge is 0.133 e. The summed E-state index contributed by atoms with van der Waals surface area (Å²) >= 11 is 0. The Balaban J connectivity index is 3.52. The van der Waals surface area contributed by atoms with Crippen LogP contribution in [0.1, 0.15) is 0 Å². The highest BCUT2D eigenvalue weighted by molar-refractivity contribution is 5.84. The average Bonchev–Trinajstić information content (AvgIpc) is 3.06. The monoisotopic (exact) mass is 351 g/mol. The van der Waals surface area contributed by atoms with Gasteiger partial charge in [-0.25, -0.2) is 0 Å². The molecule has 0 aliphatic heterocycles. The zero-order valence-electron chi connectivity index (χ0n) is 15.8. The second-order valence-corrected chi connectivity index (χ2v) is 5.74. The predicted octanol–water partition coefficient (Wildman–Crippen LogP) is 4.35. The first-order valence-corrected chi connectivity index (χ1v) is 8.72. The molecule has 0 bridgehead atoms. The largest absolute Gasteiger partial charge is 0.361 e. The van der Waals surface area contributed by atoms with Crippen molar-refractivity contribution in [2.45, 2.75) is 0 Å². The fourth-order valence-electron chi connectivity index (χ4n) is 2.81. The normalized spacial score (nSPS) is 9.85. The first-order valence-electron chi connectivity index (χ1n) is 8.72. The number of nitrogens with zero attached hydrogens (tertiary/aromatic N) is 3. The van der Waals surface area contributed by atoms with Gasteiger partial charge in [-0.2, -0.15) is 0 Å². The maximum atomic E-state index is 3.90. The maximum Gasteiger partial charge on any atom is 0.133 e. The molecule has 1 aromatic heterocycles. The molecule has 1 heterocycles. The van der Waals surface area contributed by atoms with Crippen molar-refractivity contribution >= 4 is 17.2 Å². The Hall–Kier alpha value is -2.88. The van der Waals surface area contributed by atoms with Crippen LogP contribution in [0, 0.1) is 6.20 Å². The van der Waals surface area contributed by atoms with E-state index in [-0.39, 0.29) is 0 Å². The minimum Gasteiger partial charge on any atom is -0.361 e. The van der Waals surface area contributed by atoms with E-state index < -0.39 is 0 Å². The van der Waals surface area contributed by atoms with Crippen molar-refractivity contribution in [2.24, 2.45) is 0 Å². The van der Waals surface area contributed by atoms with E-state index in [2.05, 4.69) is 65.4 Å². The molecule has 0 fully saturated rings. The number of H-pyrrole nitrogens is 1. The average molecular weight is 352 g/mol. The summed E-state index contributed by atoms with van der Waals surface area (Å²) in [5.41, 5.74) is 2.03. The predicted molar refractivity (Wildman–Crippen MR) is 117 cm³/mol. The summed E-state index contributed by atoms with van der Waals surface area (Å²) in [5.74, 6) is 0.974. The van der Waals surface area contributed by atoms with Gasteiger partial charge in [-0.15, -0.1) is 39.5 Å². The van der Waals surface area contributed by atoms with Crippen LogP contribution in [0.25, 0.3) is 0 Å². The van der Waals surface area contributed by atoms with Crippen LogP contribution in [0.5, 0.6) is 0 Å². The molecule has 4 nitrogen and oxygen atoms in total. The lowest BCUT2D eigenvalue weighted by Crippen LogP contribution is -2.31. The molecule has 0 saturated carbocycles. The molecule has 0 amide bonds. The highest BCUT2D eigenvalue weighted by atomic mass is 15.3. The molecule has 0 aliphatic carbocycles. The Bertz CT molecular complexity index is 555. The first-order chi connectivity index (χ1) is 12.7. The Labute approximate surface area is 158 Å². The van der Waals surface area contributed by atoms with E-state index in [0.717, 1.165) is 17.2 Å². The zero-order valence-corrected chi connectivity index (χ0v) is 15.8. The van der Waals surface area contributed by atoms with Crippen LogP contribution >= 0.6 is 0 Å². The van der Waals surface area contributed by atoms with Gasteiger partial charge in [0.2, 0.25) is 0 Å². The molecule has 0 aliphatic rings. The molecule has 139 valence electrons. The summed E-state index contributed by atoms with van der Waals surface area (Å²) in [6.07, 6.45) is 14.6. The number of hydrogen-bond acceptors (Lipinski definition) is 3. The summed E-state index contributed by atoms with van der Waals surface area (Å²) in [6, 6.07) is 0. The van der Waals surface area contributed by atoms with Crippen LogP contribution in [0.4, 0.5) is 17.2 Å². The zero-order chi connectivity index (χ0) is 19.4. The quantitative estimate of drug-likeness (QED) is 0.476. The van der Waals surface area contributed by atoms with Gasteiger partial charge in [0.25, 0.3) is 0 Å². The van der Waals surface area contributed by atoms with Gasteiger partial charge in [0.1, 0.15) is 11.5 Å². The van der Waals surface area contributed by atoms with Crippen LogP contribution in [0.15, 0.2) is 75.9 Å². The third-order valence-electron chi connectivity index (χ3n) is 3.79. The molecule has 0 spiro atoms. The fourth-order valence-corrected chi connectivity index (χ4v) is 2.81. The number of hydrogen-bond donors (Lipinski definition) is 1. The standard InChI is InChI=1S/C22H31N4/c1-7-13-24(14-8-2)20-19-23-22(26(17-11-5)18-12-6)21(20)25(15-9-3)16-10-4/h7-12,23H,1-6,13-18H2. The third kappa shape index (κ3) is 5.31. The molecular formula is C22H31N4. The Kier molecular flexibility index (Phi) is 9.47. The lowest BCUT2D eigenvalue weighted by atomic mass is 10.2. The molecule has 0 saturated heterocycles. The number of aromatic amines is 1. The summed E-state index contributed by atoms with van der Waals surface area (Å²) < 4.78 is 0. The molecule has 4 heteroatoms. The Morgan fingerprint density at radius 2 is 1.00 bits per heavy atom. The number of rotatable bonds is 15. The van der Waals surface area contributed by atoms with E-state index in [1.54, 1.807) is 0 Å². The Morgan fingerprint density at radius 1 is 0.615 bits per heavy atom. The summed E-state index contributed by atoms with van der Waals surface area (Å²) in [7, 11) is 0. The SMILES string of the molecule is C=CCN(CC=C)c1[c][nH]c(N(CC=C)CC=C)c1N(CC=C)CC=C. The van der Waals surface area contributed by atoms with E-state index in [1.165, 1.54) is 0 Å². The van der Waals surface area contributed by atoms with Crippen LogP contribution < -0.4 is 14.7 Å². The molecule has 0 aromatic carbocycles. The number of nitrogens with one attached hydrogen (secondary N) is 1. The molecular weight excluding hydrogens is 320 g/mol. The lowest BCUT2D eigenvalue weighted by molar-refractivity contribution is 0.896. The molecule has 0 atom stereocenters. The lowest BCUT2D eigenvalue weighted by Gasteiger charge is -2.31. The minimum absolute atomic E-state index is 0.698. The molecule has 1 aromatic rings. The van der Waals surface area contributed by atoms with Gasteiger partial charge in [0.15, 0.2) is 0 Å². The van der Waals surface area contributed by atoms with Crippen molar-refractivity contribution in [3.63, 3.8) is 0 Å². The van der Waals surface area contributed by atoms with Crippen molar-refractivity contribution in [1.29, 1.82) is 0 Å². The summed E-state index contributed by atoms with van der Waals surface area (Å²) in [5, 5.41) is 0. The van der Waals surface area contributed by atoms with Crippen molar-refractivity contribution in [3.8, 4) is 0 Å². The second kappa shape index (κ2) is 11.6. The molecule has 26 heavy (non-hydrogen) atoms. The van der Waals surface area contributed by atoms with E-state index in [9.17, 15) is 0 Å². The third-order valence-corrected chi connectivity index (χ3v) is 3.79. The second-order valence-electron chi connectivity index (χ2n) is 5.74. The fraction of sp³-hybridized carbons (Fsp3) is 0.273. The highest BCUT2D eigenvalue weighted by Gasteiger charge is 2.23. The van der Waals surface area contributed by atoms with Crippen molar-refractivity contribution < 1.29 is 0 Å². The van der Waals surface area contributed by atoms with E-state index in [0.29, 0.717) is 39.3 Å². The highest BCUT2D eigenvalue weighted by Crippen LogP contribution is 2.38. The van der Waals surface area contributed by atoms with Gasteiger partial charge >= 0.3 is 0 Å². The number of anilines is 3. The van der Waals surface area contributed by atoms with E-state index >= 15 is 0 Å². The van der Waals surface area contributed by atoms with Gasteiger partial charge in [0.05, 0.1) is 11.9 Å². The Morgan fingerprint density at radius 3 is 1.42 bits per heavy atom. The molecule has 1 radical (unpaired) electrons. The number of aromatic nitrogens is 1. The summed E-state index contributed by atoms with van der Waals surface area (Å²) in [6.45, 7) is 27.5. The van der Waals surface area contributed by atoms with Crippen LogP contribution in [0.2, 0.25) is 0 Å². The van der Waals surface area contributed by atoms with Crippen molar-refractivity contribution in [1.82, 2.24) is 4.98 Å². The summed E-state index contributed by atoms with van der Waals surface area (Å²) in [4.78, 5) is 9.89. The van der Waals surface area contributed by atoms with Gasteiger partial charge < -0.3 is 19.7 Å². The van der Waals surface area contributed by atoms with E-state index in [4.69, 9.17) is 0 Å². The topological polar surface area (TPSA) is 25.5 Å². The van der Waals surface area contributed by atoms with Crippen molar-refractivity contribution in [3.05, 3.63) is 82.1 Å². The first kappa shape index (κ1) is 21.2.